The Bertz CT molecular complexity index is 268. The average Bonchev–Trinajstić information content (AvgIpc) is 2.28. The normalized spacial score (nSPS) is 11.6. The molecule has 0 aromatic heterocycles. The highest BCUT2D eigenvalue weighted by Gasteiger charge is 2.22. The molecule has 0 bridgehead atoms. The highest BCUT2D eigenvalue weighted by molar-refractivity contribution is 5.82. The second-order valence-corrected chi connectivity index (χ2v) is 3.53. The van der Waals surface area contributed by atoms with E-state index in [2.05, 4.69) is 11.9 Å². The first-order chi connectivity index (χ1) is 8.06. The van der Waals surface area contributed by atoms with Crippen LogP contribution >= 0.6 is 0 Å². The zero-order chi connectivity index (χ0) is 13.3. The van der Waals surface area contributed by atoms with Gasteiger partial charge in [0.05, 0.1) is 6.61 Å². The summed E-state index contributed by atoms with van der Waals surface area (Å²) in [5, 5.41) is 11.3. The molecule has 6 heteroatoms. The van der Waals surface area contributed by atoms with E-state index in [9.17, 15) is 9.59 Å². The van der Waals surface area contributed by atoms with Gasteiger partial charge in [0.1, 0.15) is 0 Å². The Morgan fingerprint density at radius 3 is 2.65 bits per heavy atom. The van der Waals surface area contributed by atoms with Gasteiger partial charge in [-0.1, -0.05) is 13.0 Å². The number of hydrogen-bond donors (Lipinski definition) is 2. The van der Waals surface area contributed by atoms with Gasteiger partial charge >= 0.3 is 12.0 Å². The number of urea groups is 1. The lowest BCUT2D eigenvalue weighted by Crippen LogP contribution is -2.50. The minimum absolute atomic E-state index is 0.0604. The van der Waals surface area contributed by atoms with E-state index in [1.54, 1.807) is 6.08 Å². The molecular formula is C11H20N2O4. The molecule has 0 saturated carbocycles. The Labute approximate surface area is 101 Å². The standard InChI is InChI=1S/C11H20N2O4/c1-4-6-13(7-5-2)11(16)12-9(8-17-3)10(14)15/h4,9H,1,5-8H2,2-3H3,(H,12,16)(H,14,15). The smallest absolute Gasteiger partial charge is 0.328 e. The molecule has 0 saturated heterocycles. The summed E-state index contributed by atoms with van der Waals surface area (Å²) in [4.78, 5) is 24.1. The van der Waals surface area contributed by atoms with E-state index >= 15 is 0 Å². The van der Waals surface area contributed by atoms with Gasteiger partial charge in [-0.25, -0.2) is 9.59 Å². The Balaban J connectivity index is 4.43. The maximum Gasteiger partial charge on any atom is 0.328 e. The Morgan fingerprint density at radius 2 is 2.24 bits per heavy atom. The number of aliphatic carboxylic acids is 1. The van der Waals surface area contributed by atoms with Crippen LogP contribution in [0.1, 0.15) is 13.3 Å². The van der Waals surface area contributed by atoms with Crippen LogP contribution in [0.15, 0.2) is 12.7 Å². The van der Waals surface area contributed by atoms with Crippen LogP contribution in [0.3, 0.4) is 0 Å². The Morgan fingerprint density at radius 1 is 1.59 bits per heavy atom. The van der Waals surface area contributed by atoms with Crippen molar-refractivity contribution in [3.8, 4) is 0 Å². The van der Waals surface area contributed by atoms with Crippen molar-refractivity contribution in [3.63, 3.8) is 0 Å². The third kappa shape index (κ3) is 5.91. The van der Waals surface area contributed by atoms with Crippen LogP contribution in [0.4, 0.5) is 4.79 Å². The van der Waals surface area contributed by atoms with Gasteiger partial charge in [0.25, 0.3) is 0 Å². The first-order valence-corrected chi connectivity index (χ1v) is 5.44. The SMILES string of the molecule is C=CCN(CCC)C(=O)NC(COC)C(=O)O. The first-order valence-electron chi connectivity index (χ1n) is 5.44. The second kappa shape index (κ2) is 8.58. The number of nitrogens with one attached hydrogen (secondary N) is 1. The van der Waals surface area contributed by atoms with Crippen LogP contribution in [0.2, 0.25) is 0 Å². The topological polar surface area (TPSA) is 78.9 Å². The predicted octanol–water partition coefficient (Wildman–Crippen LogP) is 0.694. The summed E-state index contributed by atoms with van der Waals surface area (Å²) in [6, 6.07) is -1.45. The molecule has 0 aliphatic rings. The molecule has 0 rings (SSSR count). The van der Waals surface area contributed by atoms with Crippen molar-refractivity contribution >= 4 is 12.0 Å². The van der Waals surface area contributed by atoms with Gasteiger partial charge in [0.2, 0.25) is 0 Å². The number of rotatable bonds is 8. The molecule has 0 aliphatic carbocycles. The van der Waals surface area contributed by atoms with Crippen LogP contribution in [0.25, 0.3) is 0 Å². The Kier molecular flexibility index (Phi) is 7.79. The van der Waals surface area contributed by atoms with Crippen LogP contribution in [0, 0.1) is 0 Å². The van der Waals surface area contributed by atoms with Gasteiger partial charge in [-0.3, -0.25) is 0 Å². The molecule has 2 amide bonds. The average molecular weight is 244 g/mol. The number of carbonyl (C=O) groups excluding carboxylic acids is 1. The number of hydrogen-bond acceptors (Lipinski definition) is 3. The molecule has 0 fully saturated rings. The van der Waals surface area contributed by atoms with Crippen LogP contribution in [-0.2, 0) is 9.53 Å². The second-order valence-electron chi connectivity index (χ2n) is 3.53. The van der Waals surface area contributed by atoms with E-state index in [-0.39, 0.29) is 6.61 Å². The van der Waals surface area contributed by atoms with E-state index in [0.29, 0.717) is 13.1 Å². The quantitative estimate of drug-likeness (QED) is 0.616. The molecular weight excluding hydrogens is 224 g/mol. The lowest BCUT2D eigenvalue weighted by molar-refractivity contribution is -0.140. The van der Waals surface area contributed by atoms with Crippen molar-refractivity contribution in [1.29, 1.82) is 0 Å². The van der Waals surface area contributed by atoms with Gasteiger partial charge in [-0.15, -0.1) is 6.58 Å². The van der Waals surface area contributed by atoms with Gasteiger partial charge in [0, 0.05) is 20.2 Å². The molecule has 0 radical (unpaired) electrons. The van der Waals surface area contributed by atoms with Crippen molar-refractivity contribution in [2.24, 2.45) is 0 Å². The van der Waals surface area contributed by atoms with E-state index in [4.69, 9.17) is 9.84 Å². The molecule has 6 nitrogen and oxygen atoms in total. The zero-order valence-electron chi connectivity index (χ0n) is 10.3. The minimum atomic E-state index is -1.12. The third-order valence-corrected chi connectivity index (χ3v) is 2.06. The fourth-order valence-corrected chi connectivity index (χ4v) is 1.28. The fourth-order valence-electron chi connectivity index (χ4n) is 1.28. The molecule has 2 N–H and O–H groups in total. The van der Waals surface area contributed by atoms with Crippen molar-refractivity contribution < 1.29 is 19.4 Å². The van der Waals surface area contributed by atoms with Crippen LogP contribution in [0.5, 0.6) is 0 Å². The van der Waals surface area contributed by atoms with Crippen molar-refractivity contribution in [1.82, 2.24) is 10.2 Å². The Hall–Kier alpha value is -1.56. The largest absolute Gasteiger partial charge is 0.480 e. The highest BCUT2D eigenvalue weighted by Crippen LogP contribution is 1.95. The number of nitrogens with zero attached hydrogens (tertiary/aromatic N) is 1. The number of carboxylic acid groups (broad SMARTS) is 1. The summed E-state index contributed by atoms with van der Waals surface area (Å²) < 4.78 is 4.73. The van der Waals surface area contributed by atoms with E-state index in [1.165, 1.54) is 12.0 Å². The summed E-state index contributed by atoms with van der Waals surface area (Å²) in [5.74, 6) is -1.12. The lowest BCUT2D eigenvalue weighted by Gasteiger charge is -2.23. The molecule has 1 unspecified atom stereocenters. The third-order valence-electron chi connectivity index (χ3n) is 2.06. The summed E-state index contributed by atoms with van der Waals surface area (Å²) in [7, 11) is 1.38. The zero-order valence-corrected chi connectivity index (χ0v) is 10.3. The van der Waals surface area contributed by atoms with Crippen LogP contribution in [-0.4, -0.2) is 54.9 Å². The molecule has 0 aromatic carbocycles. The highest BCUT2D eigenvalue weighted by atomic mass is 16.5. The molecule has 0 heterocycles. The van der Waals surface area contributed by atoms with E-state index in [1.807, 2.05) is 6.92 Å². The molecule has 98 valence electrons. The monoisotopic (exact) mass is 244 g/mol. The molecule has 0 aliphatic heterocycles. The summed E-state index contributed by atoms with van der Waals surface area (Å²) in [5.41, 5.74) is 0. The van der Waals surface area contributed by atoms with E-state index in [0.717, 1.165) is 6.42 Å². The van der Waals surface area contributed by atoms with Crippen molar-refractivity contribution in [2.45, 2.75) is 19.4 Å². The van der Waals surface area contributed by atoms with Crippen LogP contribution < -0.4 is 5.32 Å². The van der Waals surface area contributed by atoms with Crippen molar-refractivity contribution in [3.05, 3.63) is 12.7 Å². The summed E-state index contributed by atoms with van der Waals surface area (Å²) in [6.07, 6.45) is 2.39. The number of methoxy groups -OCH3 is 1. The molecule has 1 atom stereocenters. The number of carboxylic acids is 1. The van der Waals surface area contributed by atoms with Gasteiger partial charge in [-0.2, -0.15) is 0 Å². The fraction of sp³-hybridized carbons (Fsp3) is 0.636. The van der Waals surface area contributed by atoms with Crippen molar-refractivity contribution in [2.75, 3.05) is 26.8 Å². The lowest BCUT2D eigenvalue weighted by atomic mass is 10.3. The number of carbonyl (C=O) groups is 2. The number of amides is 2. The summed E-state index contributed by atoms with van der Waals surface area (Å²) >= 11 is 0. The predicted molar refractivity (Wildman–Crippen MR) is 63.9 cm³/mol. The van der Waals surface area contributed by atoms with Gasteiger partial charge in [0.15, 0.2) is 6.04 Å². The molecule has 0 spiro atoms. The maximum absolute atomic E-state index is 11.8. The maximum atomic E-state index is 11.8. The summed E-state index contributed by atoms with van der Waals surface area (Å²) in [6.45, 7) is 6.37. The molecule has 0 aromatic rings. The number of ether oxygens (including phenoxy) is 1. The minimum Gasteiger partial charge on any atom is -0.480 e. The van der Waals surface area contributed by atoms with Gasteiger partial charge < -0.3 is 20.1 Å². The molecule has 17 heavy (non-hydrogen) atoms. The van der Waals surface area contributed by atoms with Gasteiger partial charge in [-0.05, 0) is 6.42 Å². The van der Waals surface area contributed by atoms with E-state index < -0.39 is 18.0 Å². The first kappa shape index (κ1) is 15.4.